The van der Waals surface area contributed by atoms with Crippen LogP contribution in [0.15, 0.2) is 59.1 Å². The minimum Gasteiger partial charge on any atom is -0.345 e. The lowest BCUT2D eigenvalue weighted by Crippen LogP contribution is -2.32. The molecule has 1 fully saturated rings. The summed E-state index contributed by atoms with van der Waals surface area (Å²) in [6.07, 6.45) is 4.91. The summed E-state index contributed by atoms with van der Waals surface area (Å²) in [5, 5.41) is 3.26. The maximum atomic E-state index is 12.7. The monoisotopic (exact) mass is 357 g/mol. The van der Waals surface area contributed by atoms with E-state index in [2.05, 4.69) is 33.4 Å². The van der Waals surface area contributed by atoms with E-state index in [1.54, 1.807) is 0 Å². The van der Waals surface area contributed by atoms with Crippen molar-refractivity contribution in [3.63, 3.8) is 0 Å². The maximum Gasteiger partial charge on any atom is 0.252 e. The van der Waals surface area contributed by atoms with Gasteiger partial charge in [0.25, 0.3) is 5.91 Å². The highest BCUT2D eigenvalue weighted by molar-refractivity contribution is 9.10. The van der Waals surface area contributed by atoms with E-state index in [4.69, 9.17) is 0 Å². The predicted octanol–water partition coefficient (Wildman–Crippen LogP) is 5.11. The van der Waals surface area contributed by atoms with E-state index in [1.807, 2.05) is 42.5 Å². The topological polar surface area (TPSA) is 29.1 Å². The third-order valence-electron chi connectivity index (χ3n) is 4.44. The van der Waals surface area contributed by atoms with Crippen LogP contribution >= 0.6 is 15.9 Å². The van der Waals surface area contributed by atoms with Crippen LogP contribution in [0.2, 0.25) is 0 Å². The number of amides is 1. The van der Waals surface area contributed by atoms with Crippen molar-refractivity contribution in [2.45, 2.75) is 31.7 Å². The lowest BCUT2D eigenvalue weighted by atomic mass is 9.91. The molecule has 22 heavy (non-hydrogen) atoms. The zero-order valence-electron chi connectivity index (χ0n) is 12.5. The number of benzene rings is 2. The van der Waals surface area contributed by atoms with Crippen LogP contribution in [0.1, 0.15) is 47.6 Å². The van der Waals surface area contributed by atoms with E-state index < -0.39 is 0 Å². The molecule has 1 aliphatic carbocycles. The standard InChI is InChI=1S/C19H20BrNO/c20-17-13-7-6-12-16(17)19(22)21-18(15-10-4-5-11-15)14-8-2-1-3-9-14/h1-3,6-9,12-13,15,18H,4-5,10-11H2,(H,21,22)/t18-/m1/s1. The van der Waals surface area contributed by atoms with Crippen LogP contribution in [0.4, 0.5) is 0 Å². The summed E-state index contributed by atoms with van der Waals surface area (Å²) in [5.41, 5.74) is 1.90. The molecule has 2 nitrogen and oxygen atoms in total. The van der Waals surface area contributed by atoms with Crippen LogP contribution in [0.25, 0.3) is 0 Å². The Kier molecular flexibility index (Phi) is 4.94. The first-order valence-corrected chi connectivity index (χ1v) is 8.65. The normalized spacial score (nSPS) is 16.4. The quantitative estimate of drug-likeness (QED) is 0.809. The number of carbonyl (C=O) groups excluding carboxylic acids is 1. The van der Waals surface area contributed by atoms with Crippen LogP contribution in [0, 0.1) is 5.92 Å². The Labute approximate surface area is 140 Å². The van der Waals surface area contributed by atoms with Gasteiger partial charge in [0.05, 0.1) is 11.6 Å². The zero-order valence-corrected chi connectivity index (χ0v) is 14.1. The Morgan fingerprint density at radius 2 is 1.64 bits per heavy atom. The fourth-order valence-corrected chi connectivity index (χ4v) is 3.75. The first-order valence-electron chi connectivity index (χ1n) is 7.86. The van der Waals surface area contributed by atoms with Gasteiger partial charge in [0, 0.05) is 4.47 Å². The van der Waals surface area contributed by atoms with Crippen molar-refractivity contribution in [3.05, 3.63) is 70.2 Å². The predicted molar refractivity (Wildman–Crippen MR) is 92.7 cm³/mol. The summed E-state index contributed by atoms with van der Waals surface area (Å²) in [6, 6.07) is 18.0. The number of halogens is 1. The SMILES string of the molecule is O=C(N[C@H](c1ccccc1)C1CCCC1)c1ccccc1Br. The van der Waals surface area contributed by atoms with Gasteiger partial charge in [-0.25, -0.2) is 0 Å². The van der Waals surface area contributed by atoms with Gasteiger partial charge in [0.1, 0.15) is 0 Å². The van der Waals surface area contributed by atoms with Crippen molar-refractivity contribution in [3.8, 4) is 0 Å². The smallest absolute Gasteiger partial charge is 0.252 e. The number of nitrogens with one attached hydrogen (secondary N) is 1. The molecule has 2 aromatic carbocycles. The van der Waals surface area contributed by atoms with Gasteiger partial charge >= 0.3 is 0 Å². The number of rotatable bonds is 4. The minimum atomic E-state index is -0.00627. The fraction of sp³-hybridized carbons (Fsp3) is 0.316. The van der Waals surface area contributed by atoms with Crippen LogP contribution in [-0.4, -0.2) is 5.91 Å². The van der Waals surface area contributed by atoms with Crippen molar-refractivity contribution in [1.29, 1.82) is 0 Å². The second-order valence-electron chi connectivity index (χ2n) is 5.89. The van der Waals surface area contributed by atoms with Crippen molar-refractivity contribution < 1.29 is 4.79 Å². The molecule has 0 saturated heterocycles. The van der Waals surface area contributed by atoms with Gasteiger partial charge in [0.2, 0.25) is 0 Å². The van der Waals surface area contributed by atoms with Crippen LogP contribution < -0.4 is 5.32 Å². The summed E-state index contributed by atoms with van der Waals surface area (Å²) >= 11 is 3.47. The van der Waals surface area contributed by atoms with E-state index in [9.17, 15) is 4.79 Å². The average molecular weight is 358 g/mol. The molecule has 0 unspecified atom stereocenters. The molecule has 1 aliphatic rings. The molecular weight excluding hydrogens is 338 g/mol. The first kappa shape index (κ1) is 15.3. The van der Waals surface area contributed by atoms with Gasteiger partial charge in [-0.15, -0.1) is 0 Å². The third kappa shape index (κ3) is 3.41. The van der Waals surface area contributed by atoms with Gasteiger partial charge in [0.15, 0.2) is 0 Å². The molecule has 2 aromatic rings. The Bertz CT molecular complexity index is 635. The zero-order chi connectivity index (χ0) is 15.4. The highest BCUT2D eigenvalue weighted by atomic mass is 79.9. The van der Waals surface area contributed by atoms with Gasteiger partial charge in [-0.3, -0.25) is 4.79 Å². The average Bonchev–Trinajstić information content (AvgIpc) is 3.08. The van der Waals surface area contributed by atoms with Crippen molar-refractivity contribution in [1.82, 2.24) is 5.32 Å². The number of hydrogen-bond acceptors (Lipinski definition) is 1. The molecule has 0 spiro atoms. The molecule has 1 atom stereocenters. The molecule has 1 amide bonds. The molecule has 114 valence electrons. The maximum absolute atomic E-state index is 12.7. The second kappa shape index (κ2) is 7.10. The Balaban J connectivity index is 1.84. The van der Waals surface area contributed by atoms with Crippen LogP contribution in [0.3, 0.4) is 0 Å². The minimum absolute atomic E-state index is 0.00627. The fourth-order valence-electron chi connectivity index (χ4n) is 3.29. The summed E-state index contributed by atoms with van der Waals surface area (Å²) in [7, 11) is 0. The molecule has 3 heteroatoms. The third-order valence-corrected chi connectivity index (χ3v) is 5.13. The van der Waals surface area contributed by atoms with Crippen LogP contribution in [0.5, 0.6) is 0 Å². The molecule has 0 aliphatic heterocycles. The highest BCUT2D eigenvalue weighted by Gasteiger charge is 2.28. The largest absolute Gasteiger partial charge is 0.345 e. The Morgan fingerprint density at radius 1 is 1.00 bits per heavy atom. The molecule has 3 rings (SSSR count). The first-order chi connectivity index (χ1) is 10.8. The molecule has 0 aromatic heterocycles. The molecule has 0 radical (unpaired) electrons. The van der Waals surface area contributed by atoms with E-state index >= 15 is 0 Å². The molecule has 1 N–H and O–H groups in total. The van der Waals surface area contributed by atoms with Crippen molar-refractivity contribution >= 4 is 21.8 Å². The summed E-state index contributed by atoms with van der Waals surface area (Å²) < 4.78 is 0.839. The second-order valence-corrected chi connectivity index (χ2v) is 6.74. The molecule has 0 bridgehead atoms. The van der Waals surface area contributed by atoms with Gasteiger partial charge in [-0.05, 0) is 52.4 Å². The van der Waals surface area contributed by atoms with E-state index in [1.165, 1.54) is 31.2 Å². The van der Waals surface area contributed by atoms with E-state index in [0.29, 0.717) is 11.5 Å². The molecule has 0 heterocycles. The lowest BCUT2D eigenvalue weighted by Gasteiger charge is -2.25. The number of carbonyl (C=O) groups is 1. The summed E-state index contributed by atoms with van der Waals surface area (Å²) in [6.45, 7) is 0. The highest BCUT2D eigenvalue weighted by Crippen LogP contribution is 2.36. The molecule has 1 saturated carbocycles. The van der Waals surface area contributed by atoms with Gasteiger partial charge < -0.3 is 5.32 Å². The van der Waals surface area contributed by atoms with E-state index in [-0.39, 0.29) is 11.9 Å². The van der Waals surface area contributed by atoms with E-state index in [0.717, 1.165) is 4.47 Å². The van der Waals surface area contributed by atoms with Crippen LogP contribution in [-0.2, 0) is 0 Å². The summed E-state index contributed by atoms with van der Waals surface area (Å²) in [4.78, 5) is 12.7. The van der Waals surface area contributed by atoms with Crippen molar-refractivity contribution in [2.75, 3.05) is 0 Å². The van der Waals surface area contributed by atoms with Gasteiger partial charge in [-0.2, -0.15) is 0 Å². The van der Waals surface area contributed by atoms with Gasteiger partial charge in [-0.1, -0.05) is 55.3 Å². The Hall–Kier alpha value is -1.61. The Morgan fingerprint density at radius 3 is 2.32 bits per heavy atom. The summed E-state index contributed by atoms with van der Waals surface area (Å²) in [5.74, 6) is 0.530. The van der Waals surface area contributed by atoms with Crippen molar-refractivity contribution in [2.24, 2.45) is 5.92 Å². The number of hydrogen-bond donors (Lipinski definition) is 1. The lowest BCUT2D eigenvalue weighted by molar-refractivity contribution is 0.0921. The molecular formula is C19H20BrNO.